The summed E-state index contributed by atoms with van der Waals surface area (Å²) in [4.78, 5) is 27.5. The van der Waals surface area contributed by atoms with E-state index in [1.54, 1.807) is 29.3 Å². The second-order valence-corrected chi connectivity index (χ2v) is 4.58. The summed E-state index contributed by atoms with van der Waals surface area (Å²) in [5.41, 5.74) is 1.01. The van der Waals surface area contributed by atoms with Gasteiger partial charge in [-0.25, -0.2) is 0 Å². The van der Waals surface area contributed by atoms with E-state index in [1.807, 2.05) is 6.92 Å². The lowest BCUT2D eigenvalue weighted by molar-refractivity contribution is -0.383. The number of pyridine rings is 1. The van der Waals surface area contributed by atoms with Gasteiger partial charge in [0.1, 0.15) is 12.1 Å². The van der Waals surface area contributed by atoms with Gasteiger partial charge in [-0.1, -0.05) is 6.92 Å². The molecule has 0 amide bonds. The minimum absolute atomic E-state index is 0.0337. The van der Waals surface area contributed by atoms with Crippen molar-refractivity contribution in [2.45, 2.75) is 13.3 Å². The van der Waals surface area contributed by atoms with E-state index in [2.05, 4.69) is 4.98 Å². The SMILES string of the molecule is CCCN(CC(=O)O)c1ccc([N+](=O)[O-])c2cccnc12. The maximum atomic E-state index is 11.1. The maximum Gasteiger partial charge on any atom is 0.323 e. The van der Waals surface area contributed by atoms with Gasteiger partial charge in [0.15, 0.2) is 0 Å². The van der Waals surface area contributed by atoms with Crippen molar-refractivity contribution in [1.29, 1.82) is 0 Å². The van der Waals surface area contributed by atoms with Crippen LogP contribution in [0.3, 0.4) is 0 Å². The molecule has 0 spiro atoms. The molecule has 0 saturated heterocycles. The van der Waals surface area contributed by atoms with Crippen LogP contribution >= 0.6 is 0 Å². The van der Waals surface area contributed by atoms with Gasteiger partial charge in [0.2, 0.25) is 0 Å². The largest absolute Gasteiger partial charge is 0.480 e. The first-order valence-corrected chi connectivity index (χ1v) is 6.53. The van der Waals surface area contributed by atoms with Gasteiger partial charge >= 0.3 is 5.97 Å². The fourth-order valence-electron chi connectivity index (χ4n) is 2.27. The van der Waals surface area contributed by atoms with Gasteiger partial charge in [-0.2, -0.15) is 0 Å². The number of nitrogens with zero attached hydrogens (tertiary/aromatic N) is 3. The smallest absolute Gasteiger partial charge is 0.323 e. The number of rotatable bonds is 6. The first-order valence-electron chi connectivity index (χ1n) is 6.53. The lowest BCUT2D eigenvalue weighted by atomic mass is 10.1. The summed E-state index contributed by atoms with van der Waals surface area (Å²) < 4.78 is 0. The molecular formula is C14H15N3O4. The second-order valence-electron chi connectivity index (χ2n) is 4.58. The summed E-state index contributed by atoms with van der Waals surface area (Å²) in [5, 5.41) is 20.5. The Balaban J connectivity index is 2.60. The molecule has 110 valence electrons. The summed E-state index contributed by atoms with van der Waals surface area (Å²) >= 11 is 0. The molecule has 0 radical (unpaired) electrons. The number of nitro groups is 1. The Hall–Kier alpha value is -2.70. The molecule has 0 aliphatic rings. The number of non-ortho nitro benzene ring substituents is 1. The van der Waals surface area contributed by atoms with Crippen molar-refractivity contribution >= 4 is 28.2 Å². The zero-order valence-corrected chi connectivity index (χ0v) is 11.5. The Morgan fingerprint density at radius 1 is 1.43 bits per heavy atom. The molecule has 0 saturated carbocycles. The van der Waals surface area contributed by atoms with Crippen molar-refractivity contribution in [2.75, 3.05) is 18.0 Å². The molecule has 0 aliphatic heterocycles. The third kappa shape index (κ3) is 3.07. The van der Waals surface area contributed by atoms with Crippen molar-refractivity contribution in [2.24, 2.45) is 0 Å². The Kier molecular flexibility index (Phi) is 4.32. The highest BCUT2D eigenvalue weighted by atomic mass is 16.6. The molecule has 1 N–H and O–H groups in total. The van der Waals surface area contributed by atoms with Crippen molar-refractivity contribution in [1.82, 2.24) is 4.98 Å². The van der Waals surface area contributed by atoms with Gasteiger partial charge in [-0.3, -0.25) is 19.9 Å². The fraction of sp³-hybridized carbons (Fsp3) is 0.286. The molecule has 0 unspecified atom stereocenters. The summed E-state index contributed by atoms with van der Waals surface area (Å²) in [6.45, 7) is 2.31. The minimum atomic E-state index is -0.953. The predicted molar refractivity (Wildman–Crippen MR) is 78.5 cm³/mol. The van der Waals surface area contributed by atoms with Crippen LogP contribution in [0.1, 0.15) is 13.3 Å². The number of aromatic nitrogens is 1. The van der Waals surface area contributed by atoms with Gasteiger partial charge in [-0.15, -0.1) is 0 Å². The lowest BCUT2D eigenvalue weighted by Crippen LogP contribution is -2.30. The standard InChI is InChI=1S/C14H15N3O4/c1-2-8-16(9-13(18)19)12-6-5-11(17(20)21)10-4-3-7-15-14(10)12/h3-7H,2,8-9H2,1H3,(H,18,19). The van der Waals surface area contributed by atoms with Crippen LogP contribution in [0.5, 0.6) is 0 Å². The van der Waals surface area contributed by atoms with Gasteiger partial charge in [0.25, 0.3) is 5.69 Å². The van der Waals surface area contributed by atoms with Crippen molar-refractivity contribution < 1.29 is 14.8 Å². The monoisotopic (exact) mass is 289 g/mol. The van der Waals surface area contributed by atoms with Crippen LogP contribution in [0, 0.1) is 10.1 Å². The molecular weight excluding hydrogens is 274 g/mol. The van der Waals surface area contributed by atoms with E-state index >= 15 is 0 Å². The van der Waals surface area contributed by atoms with Crippen molar-refractivity contribution in [3.8, 4) is 0 Å². The zero-order chi connectivity index (χ0) is 15.4. The van der Waals surface area contributed by atoms with Crippen molar-refractivity contribution in [3.63, 3.8) is 0 Å². The fourth-order valence-corrected chi connectivity index (χ4v) is 2.27. The number of aliphatic carboxylic acids is 1. The zero-order valence-electron chi connectivity index (χ0n) is 11.5. The number of nitro benzene ring substituents is 1. The molecule has 7 nitrogen and oxygen atoms in total. The Bertz CT molecular complexity index is 687. The number of hydrogen-bond acceptors (Lipinski definition) is 5. The van der Waals surface area contributed by atoms with Gasteiger partial charge in [-0.05, 0) is 24.6 Å². The molecule has 2 rings (SSSR count). The quantitative estimate of drug-likeness (QED) is 0.648. The summed E-state index contributed by atoms with van der Waals surface area (Å²) in [6.07, 6.45) is 2.30. The van der Waals surface area contributed by atoms with E-state index in [0.717, 1.165) is 6.42 Å². The highest BCUT2D eigenvalue weighted by Crippen LogP contribution is 2.32. The third-order valence-electron chi connectivity index (χ3n) is 3.08. The normalized spacial score (nSPS) is 10.5. The first kappa shape index (κ1) is 14.7. The molecule has 0 atom stereocenters. The summed E-state index contributed by atoms with van der Waals surface area (Å²) in [7, 11) is 0. The minimum Gasteiger partial charge on any atom is -0.480 e. The number of anilines is 1. The van der Waals surface area contributed by atoms with E-state index in [9.17, 15) is 14.9 Å². The molecule has 21 heavy (non-hydrogen) atoms. The number of benzene rings is 1. The number of fused-ring (bicyclic) bond motifs is 1. The molecule has 0 fully saturated rings. The lowest BCUT2D eigenvalue weighted by Gasteiger charge is -2.23. The average molecular weight is 289 g/mol. The molecule has 0 bridgehead atoms. The van der Waals surface area contributed by atoms with E-state index in [1.165, 1.54) is 6.07 Å². The molecule has 1 aromatic heterocycles. The number of hydrogen-bond donors (Lipinski definition) is 1. The first-order chi connectivity index (χ1) is 10.0. The van der Waals surface area contributed by atoms with E-state index in [-0.39, 0.29) is 12.2 Å². The van der Waals surface area contributed by atoms with E-state index in [0.29, 0.717) is 23.1 Å². The topological polar surface area (TPSA) is 96.6 Å². The molecule has 1 heterocycles. The number of carboxylic acid groups (broad SMARTS) is 1. The number of carbonyl (C=O) groups is 1. The maximum absolute atomic E-state index is 11.1. The van der Waals surface area contributed by atoms with Crippen LogP contribution in [0.4, 0.5) is 11.4 Å². The van der Waals surface area contributed by atoms with Crippen molar-refractivity contribution in [3.05, 3.63) is 40.6 Å². The Morgan fingerprint density at radius 2 is 2.19 bits per heavy atom. The van der Waals surface area contributed by atoms with Gasteiger partial charge in [0, 0.05) is 18.8 Å². The summed E-state index contributed by atoms with van der Waals surface area (Å²) in [6, 6.07) is 6.20. The van der Waals surface area contributed by atoms with Crippen LogP contribution < -0.4 is 4.90 Å². The second kappa shape index (κ2) is 6.17. The number of carboxylic acids is 1. The third-order valence-corrected chi connectivity index (χ3v) is 3.08. The molecule has 0 aliphatic carbocycles. The average Bonchev–Trinajstić information content (AvgIpc) is 2.45. The Labute approximate surface area is 121 Å². The molecule has 2 aromatic rings. The summed E-state index contributed by atoms with van der Waals surface area (Å²) in [5.74, 6) is -0.953. The van der Waals surface area contributed by atoms with Crippen LogP contribution in [-0.2, 0) is 4.79 Å². The van der Waals surface area contributed by atoms with E-state index < -0.39 is 10.9 Å². The highest BCUT2D eigenvalue weighted by Gasteiger charge is 2.19. The van der Waals surface area contributed by atoms with E-state index in [4.69, 9.17) is 5.11 Å². The van der Waals surface area contributed by atoms with Crippen LogP contribution in [-0.4, -0.2) is 34.1 Å². The van der Waals surface area contributed by atoms with Crippen LogP contribution in [0.25, 0.3) is 10.9 Å². The van der Waals surface area contributed by atoms with Crippen LogP contribution in [0.2, 0.25) is 0 Å². The highest BCUT2D eigenvalue weighted by molar-refractivity contribution is 5.97. The van der Waals surface area contributed by atoms with Gasteiger partial charge < -0.3 is 10.0 Å². The van der Waals surface area contributed by atoms with Gasteiger partial charge in [0.05, 0.1) is 16.0 Å². The Morgan fingerprint density at radius 3 is 2.81 bits per heavy atom. The predicted octanol–water partition coefficient (Wildman–Crippen LogP) is 2.44. The molecule has 7 heteroatoms. The van der Waals surface area contributed by atoms with Crippen LogP contribution in [0.15, 0.2) is 30.5 Å². The molecule has 1 aromatic carbocycles.